The van der Waals surface area contributed by atoms with E-state index in [1.807, 2.05) is 0 Å². The minimum Gasteiger partial charge on any atom is -0.508 e. The Bertz CT molecular complexity index is 1420. The van der Waals surface area contributed by atoms with E-state index in [1.54, 1.807) is 6.08 Å². The number of aromatic hydroxyl groups is 1. The molecule has 1 saturated carbocycles. The number of likely N-dealkylation sites (tertiary alicyclic amines) is 2. The van der Waals surface area contributed by atoms with E-state index in [-0.39, 0.29) is 24.9 Å². The van der Waals surface area contributed by atoms with Crippen molar-refractivity contribution < 1.29 is 62.0 Å². The number of halogens is 3. The lowest BCUT2D eigenvalue weighted by Gasteiger charge is -2.44. The summed E-state index contributed by atoms with van der Waals surface area (Å²) in [6, 6.07) is 2.72. The number of alkyl halides is 3. The number of phenolic OH excluding ortho intramolecular Hbond substituents is 1. The highest BCUT2D eigenvalue weighted by molar-refractivity contribution is 6.08. The largest absolute Gasteiger partial charge is 0.573 e. The van der Waals surface area contributed by atoms with Gasteiger partial charge in [-0.2, -0.15) is 0 Å². The Kier molecular flexibility index (Phi) is 7.23. The molecule has 2 aliphatic heterocycles. The number of aliphatic carboxylic acids is 2. The predicted octanol–water partition coefficient (Wildman–Crippen LogP) is 1.88. The number of fused-ring (bicyclic) bond motifs is 4. The number of carboxylic acids is 2. The van der Waals surface area contributed by atoms with E-state index in [9.17, 15) is 47.0 Å². The minimum atomic E-state index is -5.08. The number of benzene rings is 1. The van der Waals surface area contributed by atoms with Crippen molar-refractivity contribution in [2.45, 2.75) is 38.0 Å². The fourth-order valence-electron chi connectivity index (χ4n) is 6.90. The van der Waals surface area contributed by atoms with Crippen LogP contribution in [0, 0.1) is 29.6 Å². The molecule has 6 atom stereocenters. The van der Waals surface area contributed by atoms with Crippen molar-refractivity contribution in [3.05, 3.63) is 35.4 Å². The van der Waals surface area contributed by atoms with Crippen LogP contribution in [0.4, 0.5) is 13.2 Å². The summed E-state index contributed by atoms with van der Waals surface area (Å²) >= 11 is 0. The number of ether oxygens (including phenoxy) is 1. The highest BCUT2D eigenvalue weighted by atomic mass is 19.4. The number of nitrogens with zero attached hydrogens (tertiary/aromatic N) is 2. The first kappa shape index (κ1) is 29.1. The molecule has 3 N–H and O–H groups in total. The van der Waals surface area contributed by atoms with Crippen molar-refractivity contribution >= 4 is 35.6 Å². The average molecular weight is 594 g/mol. The Labute approximate surface area is 235 Å². The number of phenols is 1. The first-order valence-electron chi connectivity index (χ1n) is 13.1. The number of hydrogen-bond donors (Lipinski definition) is 3. The van der Waals surface area contributed by atoms with Gasteiger partial charge in [-0.05, 0) is 37.0 Å². The molecule has 2 heterocycles. The molecule has 6 unspecified atom stereocenters. The van der Waals surface area contributed by atoms with Gasteiger partial charge in [-0.15, -0.1) is 13.2 Å². The van der Waals surface area contributed by atoms with E-state index in [4.69, 9.17) is 10.2 Å². The van der Waals surface area contributed by atoms with Crippen LogP contribution < -0.4 is 4.74 Å². The third-order valence-electron chi connectivity index (χ3n) is 8.50. The number of rotatable bonds is 8. The molecule has 2 saturated heterocycles. The van der Waals surface area contributed by atoms with Crippen molar-refractivity contribution in [2.75, 3.05) is 13.1 Å². The third kappa shape index (κ3) is 4.96. The van der Waals surface area contributed by atoms with Crippen LogP contribution in [0.1, 0.15) is 37.2 Å². The van der Waals surface area contributed by atoms with Gasteiger partial charge in [0.1, 0.15) is 11.5 Å². The lowest BCUT2D eigenvalue weighted by Crippen LogP contribution is -2.43. The van der Waals surface area contributed by atoms with Crippen LogP contribution in [0.2, 0.25) is 0 Å². The predicted molar refractivity (Wildman–Crippen MR) is 130 cm³/mol. The maximum atomic E-state index is 13.6. The molecule has 1 aromatic rings. The summed E-state index contributed by atoms with van der Waals surface area (Å²) in [4.78, 5) is 77.6. The molecule has 0 spiro atoms. The monoisotopic (exact) mass is 594 g/mol. The van der Waals surface area contributed by atoms with Crippen LogP contribution in [0.3, 0.4) is 0 Å². The zero-order valence-corrected chi connectivity index (χ0v) is 21.7. The Morgan fingerprint density at radius 1 is 0.857 bits per heavy atom. The number of carboxylic acid groups (broad SMARTS) is 2. The van der Waals surface area contributed by atoms with Crippen molar-refractivity contribution in [2.24, 2.45) is 29.6 Å². The second kappa shape index (κ2) is 10.4. The Morgan fingerprint density at radius 2 is 1.43 bits per heavy atom. The minimum absolute atomic E-state index is 0.00288. The summed E-state index contributed by atoms with van der Waals surface area (Å²) < 4.78 is 43.1. The number of allylic oxidation sites excluding steroid dienone is 2. The Morgan fingerprint density at radius 3 is 2.00 bits per heavy atom. The highest BCUT2D eigenvalue weighted by Crippen LogP contribution is 2.59. The SMILES string of the molecule is O=C(O)CCN1C(=O)C2CC=C3C(CC4C(=O)N(CCC(=O)O)C(=O)C4C3c3cc(OC(F)(F)F)ccc3O)C2C1=O. The molecule has 42 heavy (non-hydrogen) atoms. The van der Waals surface area contributed by atoms with Crippen LogP contribution in [-0.4, -0.2) is 80.1 Å². The van der Waals surface area contributed by atoms with Gasteiger partial charge in [0.15, 0.2) is 0 Å². The van der Waals surface area contributed by atoms with Gasteiger partial charge in [0.05, 0.1) is 36.5 Å². The van der Waals surface area contributed by atoms with E-state index in [2.05, 4.69) is 4.74 Å². The maximum absolute atomic E-state index is 13.6. The number of carbonyl (C=O) groups is 6. The third-order valence-corrected chi connectivity index (χ3v) is 8.50. The molecule has 4 amide bonds. The molecular formula is C27H25F3N2O10. The van der Waals surface area contributed by atoms with Crippen molar-refractivity contribution in [3.63, 3.8) is 0 Å². The quantitative estimate of drug-likeness (QED) is 0.297. The Hall–Kier alpha value is -4.43. The standard InChI is InChI=1S/C27H25F3N2O10/c28-27(29,30)42-11-1-4-17(33)15(9-11)20-12-2-3-13-21(25(40)31(23(13)38)7-5-18(34)35)14(12)10-16-22(20)26(41)32(24(16)39)8-6-19(36)37/h1-2,4,9,13-14,16,20-22,33H,3,5-8,10H2,(H,34,35)(H,36,37). The van der Waals surface area contributed by atoms with Gasteiger partial charge >= 0.3 is 18.3 Å². The zero-order chi connectivity index (χ0) is 30.7. The molecule has 0 aromatic heterocycles. The van der Waals surface area contributed by atoms with E-state index in [0.717, 1.165) is 28.0 Å². The van der Waals surface area contributed by atoms with E-state index in [0.29, 0.717) is 5.57 Å². The smallest absolute Gasteiger partial charge is 0.508 e. The summed E-state index contributed by atoms with van der Waals surface area (Å²) in [6.45, 7) is -0.818. The summed E-state index contributed by atoms with van der Waals surface area (Å²) in [6.07, 6.45) is -4.61. The molecule has 1 aromatic carbocycles. The molecule has 15 heteroatoms. The zero-order valence-electron chi connectivity index (χ0n) is 21.7. The lowest BCUT2D eigenvalue weighted by atomic mass is 9.57. The fraction of sp³-hybridized carbons (Fsp3) is 0.481. The van der Waals surface area contributed by atoms with Crippen molar-refractivity contribution in [1.29, 1.82) is 0 Å². The van der Waals surface area contributed by atoms with Crippen LogP contribution >= 0.6 is 0 Å². The van der Waals surface area contributed by atoms with Crippen LogP contribution in [0.25, 0.3) is 0 Å². The van der Waals surface area contributed by atoms with Gasteiger partial charge in [-0.25, -0.2) is 0 Å². The van der Waals surface area contributed by atoms with Gasteiger partial charge in [-0.3, -0.25) is 38.6 Å². The van der Waals surface area contributed by atoms with Gasteiger partial charge in [0, 0.05) is 24.6 Å². The molecule has 5 rings (SSSR count). The number of imide groups is 2. The average Bonchev–Trinajstić information content (AvgIpc) is 3.29. The second-order valence-electron chi connectivity index (χ2n) is 10.7. The first-order chi connectivity index (χ1) is 19.7. The molecule has 2 aliphatic carbocycles. The topological polar surface area (TPSA) is 179 Å². The Balaban J connectivity index is 1.60. The number of amides is 4. The summed E-state index contributed by atoms with van der Waals surface area (Å²) in [5.41, 5.74) is 0.210. The van der Waals surface area contributed by atoms with Crippen molar-refractivity contribution in [1.82, 2.24) is 9.80 Å². The summed E-state index contributed by atoms with van der Waals surface area (Å²) in [7, 11) is 0. The fourth-order valence-corrected chi connectivity index (χ4v) is 6.90. The van der Waals surface area contributed by atoms with Crippen LogP contribution in [0.15, 0.2) is 29.8 Å². The summed E-state index contributed by atoms with van der Waals surface area (Å²) in [5, 5.41) is 29.0. The molecule has 0 radical (unpaired) electrons. The highest BCUT2D eigenvalue weighted by Gasteiger charge is 2.62. The molecule has 224 valence electrons. The number of hydrogen-bond acceptors (Lipinski definition) is 8. The molecule has 0 bridgehead atoms. The normalized spacial score (nSPS) is 28.8. The van der Waals surface area contributed by atoms with Crippen molar-refractivity contribution in [3.8, 4) is 11.5 Å². The molecule has 3 fully saturated rings. The number of carbonyl (C=O) groups excluding carboxylic acids is 4. The van der Waals surface area contributed by atoms with E-state index < -0.39 is 108 Å². The van der Waals surface area contributed by atoms with Gasteiger partial charge < -0.3 is 20.1 Å². The molecule has 4 aliphatic rings. The molecular weight excluding hydrogens is 569 g/mol. The van der Waals surface area contributed by atoms with Crippen LogP contribution in [0.5, 0.6) is 11.5 Å². The maximum Gasteiger partial charge on any atom is 0.573 e. The summed E-state index contributed by atoms with van der Waals surface area (Å²) in [5.74, 6) is -12.7. The van der Waals surface area contributed by atoms with E-state index >= 15 is 0 Å². The first-order valence-corrected chi connectivity index (χ1v) is 13.1. The molecule has 12 nitrogen and oxygen atoms in total. The van der Waals surface area contributed by atoms with Gasteiger partial charge in [0.2, 0.25) is 23.6 Å². The van der Waals surface area contributed by atoms with Crippen LogP contribution in [-0.2, 0) is 28.8 Å². The van der Waals surface area contributed by atoms with E-state index in [1.165, 1.54) is 0 Å². The van der Waals surface area contributed by atoms with Gasteiger partial charge in [0.25, 0.3) is 0 Å². The lowest BCUT2D eigenvalue weighted by molar-refractivity contribution is -0.274. The second-order valence-corrected chi connectivity index (χ2v) is 10.7. The van der Waals surface area contributed by atoms with Gasteiger partial charge in [-0.1, -0.05) is 11.6 Å².